The first kappa shape index (κ1) is 11.3. The molecule has 0 amide bonds. The molecule has 1 nitrogen and oxygen atoms in total. The molecular weight excluding hydrogens is 196 g/mol. The third-order valence-corrected chi connectivity index (χ3v) is 2.48. The number of hydrogen-bond donors (Lipinski definition) is 1. The van der Waals surface area contributed by atoms with E-state index in [0.29, 0.717) is 11.4 Å². The maximum atomic E-state index is 9.85. The van der Waals surface area contributed by atoms with E-state index in [1.54, 1.807) is 0 Å². The number of benzene rings is 1. The van der Waals surface area contributed by atoms with Gasteiger partial charge in [0.1, 0.15) is 0 Å². The molecule has 76 valence electrons. The first-order valence-electron chi connectivity index (χ1n) is 4.70. The Kier molecular flexibility index (Phi) is 4.18. The Bertz CT molecular complexity index is 320. The lowest BCUT2D eigenvalue weighted by Gasteiger charge is -2.12. The Morgan fingerprint density at radius 1 is 1.57 bits per heavy atom. The Morgan fingerprint density at radius 3 is 2.93 bits per heavy atom. The smallest absolute Gasteiger partial charge is 0.0796 e. The van der Waals surface area contributed by atoms with Crippen molar-refractivity contribution in [2.75, 3.05) is 0 Å². The van der Waals surface area contributed by atoms with E-state index in [1.165, 1.54) is 0 Å². The minimum atomic E-state index is -0.438. The Labute approximate surface area is 90.0 Å². The number of allylic oxidation sites excluding steroid dienone is 1. The predicted molar refractivity (Wildman–Crippen MR) is 60.6 cm³/mol. The fraction of sp³-hybridized carbons (Fsp3) is 0.333. The highest BCUT2D eigenvalue weighted by molar-refractivity contribution is 6.30. The van der Waals surface area contributed by atoms with Gasteiger partial charge in [0.05, 0.1) is 6.10 Å². The van der Waals surface area contributed by atoms with Crippen molar-refractivity contribution in [1.29, 1.82) is 0 Å². The molecule has 0 spiro atoms. The highest BCUT2D eigenvalue weighted by Gasteiger charge is 2.09. The van der Waals surface area contributed by atoms with Crippen LogP contribution in [0.4, 0.5) is 0 Å². The van der Waals surface area contributed by atoms with Gasteiger partial charge in [0.15, 0.2) is 0 Å². The SMILES string of the molecule is C=CCCC(O)c1cc(Cl)ccc1C. The molecule has 0 aromatic heterocycles. The zero-order valence-electron chi connectivity index (χ0n) is 8.33. The summed E-state index contributed by atoms with van der Waals surface area (Å²) in [6.07, 6.45) is 2.88. The first-order chi connectivity index (χ1) is 6.65. The molecule has 0 aliphatic carbocycles. The number of aryl methyl sites for hydroxylation is 1. The van der Waals surface area contributed by atoms with Gasteiger partial charge in [-0.2, -0.15) is 0 Å². The van der Waals surface area contributed by atoms with E-state index < -0.39 is 6.10 Å². The van der Waals surface area contributed by atoms with Gasteiger partial charge in [-0.3, -0.25) is 0 Å². The van der Waals surface area contributed by atoms with Crippen molar-refractivity contribution in [3.63, 3.8) is 0 Å². The van der Waals surface area contributed by atoms with Crippen molar-refractivity contribution in [2.24, 2.45) is 0 Å². The fourth-order valence-corrected chi connectivity index (χ4v) is 1.58. The normalized spacial score (nSPS) is 12.5. The summed E-state index contributed by atoms with van der Waals surface area (Å²) in [4.78, 5) is 0. The van der Waals surface area contributed by atoms with Crippen LogP contribution in [0, 0.1) is 6.92 Å². The van der Waals surface area contributed by atoms with E-state index >= 15 is 0 Å². The van der Waals surface area contributed by atoms with Crippen LogP contribution in [0.2, 0.25) is 5.02 Å². The number of halogens is 1. The number of rotatable bonds is 4. The molecule has 1 unspecified atom stereocenters. The van der Waals surface area contributed by atoms with Gasteiger partial charge in [0, 0.05) is 5.02 Å². The van der Waals surface area contributed by atoms with Gasteiger partial charge in [-0.1, -0.05) is 23.7 Å². The molecule has 0 aliphatic rings. The highest BCUT2D eigenvalue weighted by atomic mass is 35.5. The zero-order valence-corrected chi connectivity index (χ0v) is 9.09. The molecule has 0 fully saturated rings. The second-order valence-corrected chi connectivity index (χ2v) is 3.82. The van der Waals surface area contributed by atoms with Crippen LogP contribution < -0.4 is 0 Å². The van der Waals surface area contributed by atoms with Crippen molar-refractivity contribution in [2.45, 2.75) is 25.9 Å². The summed E-state index contributed by atoms with van der Waals surface area (Å²) in [6, 6.07) is 5.58. The lowest BCUT2D eigenvalue weighted by molar-refractivity contribution is 0.168. The molecule has 0 aliphatic heterocycles. The van der Waals surface area contributed by atoms with Crippen molar-refractivity contribution in [3.8, 4) is 0 Å². The minimum absolute atomic E-state index is 0.438. The second-order valence-electron chi connectivity index (χ2n) is 3.38. The van der Waals surface area contributed by atoms with E-state index in [1.807, 2.05) is 31.2 Å². The van der Waals surface area contributed by atoms with E-state index in [0.717, 1.165) is 17.5 Å². The summed E-state index contributed by atoms with van der Waals surface area (Å²) in [5.74, 6) is 0. The quantitative estimate of drug-likeness (QED) is 0.753. The van der Waals surface area contributed by atoms with Crippen LogP contribution in [-0.4, -0.2) is 5.11 Å². The molecule has 1 N–H and O–H groups in total. The summed E-state index contributed by atoms with van der Waals surface area (Å²) in [7, 11) is 0. The van der Waals surface area contributed by atoms with Gasteiger partial charge in [-0.05, 0) is 43.0 Å². The summed E-state index contributed by atoms with van der Waals surface area (Å²) in [5, 5.41) is 10.5. The maximum Gasteiger partial charge on any atom is 0.0796 e. The van der Waals surface area contributed by atoms with Crippen LogP contribution in [-0.2, 0) is 0 Å². The summed E-state index contributed by atoms with van der Waals surface area (Å²) < 4.78 is 0. The highest BCUT2D eigenvalue weighted by Crippen LogP contribution is 2.24. The van der Waals surface area contributed by atoms with Crippen LogP contribution in [0.3, 0.4) is 0 Å². The largest absolute Gasteiger partial charge is 0.388 e. The molecular formula is C12H15ClO. The van der Waals surface area contributed by atoms with E-state index in [4.69, 9.17) is 11.6 Å². The maximum absolute atomic E-state index is 9.85. The van der Waals surface area contributed by atoms with Crippen LogP contribution in [0.25, 0.3) is 0 Å². The van der Waals surface area contributed by atoms with E-state index in [9.17, 15) is 5.11 Å². The van der Waals surface area contributed by atoms with Gasteiger partial charge >= 0.3 is 0 Å². The average molecular weight is 211 g/mol. The molecule has 0 saturated heterocycles. The van der Waals surface area contributed by atoms with Crippen molar-refractivity contribution in [3.05, 3.63) is 47.0 Å². The van der Waals surface area contributed by atoms with Gasteiger partial charge in [0.25, 0.3) is 0 Å². The Morgan fingerprint density at radius 2 is 2.29 bits per heavy atom. The Hall–Kier alpha value is -0.790. The van der Waals surface area contributed by atoms with Crippen LogP contribution in [0.5, 0.6) is 0 Å². The van der Waals surface area contributed by atoms with Crippen molar-refractivity contribution >= 4 is 11.6 Å². The van der Waals surface area contributed by atoms with Crippen LogP contribution >= 0.6 is 11.6 Å². The third-order valence-electron chi connectivity index (χ3n) is 2.24. The molecule has 0 heterocycles. The fourth-order valence-electron chi connectivity index (χ4n) is 1.40. The van der Waals surface area contributed by atoms with Gasteiger partial charge < -0.3 is 5.11 Å². The van der Waals surface area contributed by atoms with Crippen LogP contribution in [0.1, 0.15) is 30.1 Å². The molecule has 14 heavy (non-hydrogen) atoms. The molecule has 1 atom stereocenters. The number of hydrogen-bond acceptors (Lipinski definition) is 1. The van der Waals surface area contributed by atoms with Gasteiger partial charge in [-0.25, -0.2) is 0 Å². The van der Waals surface area contributed by atoms with Crippen molar-refractivity contribution < 1.29 is 5.11 Å². The van der Waals surface area contributed by atoms with Crippen molar-refractivity contribution in [1.82, 2.24) is 0 Å². The van der Waals surface area contributed by atoms with E-state index in [2.05, 4.69) is 6.58 Å². The lowest BCUT2D eigenvalue weighted by Crippen LogP contribution is -1.99. The molecule has 2 heteroatoms. The number of aliphatic hydroxyl groups is 1. The molecule has 1 rings (SSSR count). The molecule has 1 aromatic carbocycles. The standard InChI is InChI=1S/C12H15ClO/c1-3-4-5-12(14)11-8-10(13)7-6-9(11)2/h3,6-8,12,14H,1,4-5H2,2H3. The average Bonchev–Trinajstić information content (AvgIpc) is 2.18. The second kappa shape index (κ2) is 5.18. The molecule has 1 aromatic rings. The van der Waals surface area contributed by atoms with E-state index in [-0.39, 0.29) is 0 Å². The number of aliphatic hydroxyl groups excluding tert-OH is 1. The van der Waals surface area contributed by atoms with Gasteiger partial charge in [0.2, 0.25) is 0 Å². The zero-order chi connectivity index (χ0) is 10.6. The molecule has 0 saturated carbocycles. The minimum Gasteiger partial charge on any atom is -0.388 e. The summed E-state index contributed by atoms with van der Waals surface area (Å²) >= 11 is 5.86. The summed E-state index contributed by atoms with van der Waals surface area (Å²) in [6.45, 7) is 5.60. The Balaban J connectivity index is 2.82. The summed E-state index contributed by atoms with van der Waals surface area (Å²) in [5.41, 5.74) is 1.99. The topological polar surface area (TPSA) is 20.2 Å². The third kappa shape index (κ3) is 2.86. The monoisotopic (exact) mass is 210 g/mol. The lowest BCUT2D eigenvalue weighted by atomic mass is 10.0. The van der Waals surface area contributed by atoms with Crippen LogP contribution in [0.15, 0.2) is 30.9 Å². The van der Waals surface area contributed by atoms with Gasteiger partial charge in [-0.15, -0.1) is 6.58 Å². The first-order valence-corrected chi connectivity index (χ1v) is 5.08. The predicted octanol–water partition coefficient (Wildman–Crippen LogP) is 3.65. The molecule has 0 bridgehead atoms. The molecule has 0 radical (unpaired) electrons.